The van der Waals surface area contributed by atoms with Gasteiger partial charge in [-0.15, -0.1) is 0 Å². The topological polar surface area (TPSA) is 92.2 Å². The Kier molecular flexibility index (Phi) is 6.75. The van der Waals surface area contributed by atoms with Crippen LogP contribution in [-0.4, -0.2) is 31.1 Å². The van der Waals surface area contributed by atoms with Crippen LogP contribution in [0.15, 0.2) is 73.2 Å². The average Bonchev–Trinajstić information content (AvgIpc) is 2.81. The Morgan fingerprint density at radius 1 is 1.03 bits per heavy atom. The number of carbonyl (C=O) groups is 1. The normalized spacial score (nSPS) is 12.1. The highest BCUT2D eigenvalue weighted by molar-refractivity contribution is 7.77. The monoisotopic (exact) mass is 449 g/mol. The first kappa shape index (κ1) is 21.9. The van der Waals surface area contributed by atoms with Crippen molar-refractivity contribution in [2.45, 2.75) is 12.8 Å². The Bertz CT molecular complexity index is 1300. The number of hydrogen-bond acceptors (Lipinski definition) is 4. The molecule has 0 aliphatic rings. The molecular weight excluding hydrogens is 429 g/mol. The van der Waals surface area contributed by atoms with Gasteiger partial charge in [-0.2, -0.15) is 0 Å². The number of fused-ring (bicyclic) bond motifs is 1. The molecule has 6 nitrogen and oxygen atoms in total. The highest BCUT2D eigenvalue weighted by atomic mass is 32.2. The van der Waals surface area contributed by atoms with Crippen molar-refractivity contribution in [3.05, 3.63) is 95.7 Å². The third-order valence-electron chi connectivity index (χ3n) is 5.03. The Hall–Kier alpha value is -3.33. The van der Waals surface area contributed by atoms with Crippen LogP contribution < -0.4 is 4.72 Å². The van der Waals surface area contributed by atoms with Crippen LogP contribution in [0.25, 0.3) is 22.0 Å². The van der Waals surface area contributed by atoms with Crippen LogP contribution in [-0.2, 0) is 17.7 Å². The van der Waals surface area contributed by atoms with Crippen LogP contribution >= 0.6 is 0 Å². The summed E-state index contributed by atoms with van der Waals surface area (Å²) in [6.07, 6.45) is 6.22. The maximum absolute atomic E-state index is 14.2. The summed E-state index contributed by atoms with van der Waals surface area (Å²) >= 11 is -2.08. The second-order valence-electron chi connectivity index (χ2n) is 7.30. The fourth-order valence-electron chi connectivity index (χ4n) is 3.51. The van der Waals surface area contributed by atoms with E-state index in [9.17, 15) is 13.4 Å². The minimum atomic E-state index is -2.08. The minimum absolute atomic E-state index is 0.259. The van der Waals surface area contributed by atoms with Crippen molar-refractivity contribution in [2.24, 2.45) is 0 Å². The summed E-state index contributed by atoms with van der Waals surface area (Å²) < 4.78 is 35.9. The van der Waals surface area contributed by atoms with Crippen LogP contribution in [0.5, 0.6) is 0 Å². The third-order valence-corrected chi connectivity index (χ3v) is 5.48. The predicted octanol–water partition coefficient (Wildman–Crippen LogP) is 4.33. The lowest BCUT2D eigenvalue weighted by atomic mass is 9.97. The highest BCUT2D eigenvalue weighted by Crippen LogP contribution is 2.24. The maximum atomic E-state index is 14.2. The number of ketones is 1. The van der Waals surface area contributed by atoms with Gasteiger partial charge in [0.25, 0.3) is 0 Å². The number of nitrogens with one attached hydrogen (secondary N) is 1. The molecule has 0 saturated carbocycles. The van der Waals surface area contributed by atoms with Gasteiger partial charge in [-0.05, 0) is 66.9 Å². The molecule has 2 aromatic heterocycles. The molecule has 1 atom stereocenters. The Labute approximate surface area is 187 Å². The smallest absolute Gasteiger partial charge is 0.231 e. The molecule has 0 spiro atoms. The molecule has 162 valence electrons. The minimum Gasteiger partial charge on any atom is -0.294 e. The molecule has 2 aromatic carbocycles. The molecule has 0 radical (unpaired) electrons. The quantitative estimate of drug-likeness (QED) is 0.237. The molecule has 32 heavy (non-hydrogen) atoms. The first-order valence-corrected chi connectivity index (χ1v) is 11.1. The second kappa shape index (κ2) is 9.86. The fraction of sp³-hybridized carbons (Fsp3) is 0.125. The molecule has 2 heterocycles. The molecule has 0 saturated heterocycles. The fourth-order valence-corrected chi connectivity index (χ4v) is 3.83. The Balaban J connectivity index is 1.59. The lowest BCUT2D eigenvalue weighted by Crippen LogP contribution is -2.17. The summed E-state index contributed by atoms with van der Waals surface area (Å²) in [6.45, 7) is 0.305. The first-order valence-electron chi connectivity index (χ1n) is 9.98. The molecule has 0 fully saturated rings. The standard InChI is InChI=1S/C24H20FN3O3S/c25-22-10-16(3-1-8-28-32(30)31)9-20(13-22)24(29)17-5-6-23-19(11-17)12-21(15-27-23)18-4-2-7-26-14-18/h2,4-7,9-15,28H,1,3,8H2,(H,30,31). The zero-order valence-corrected chi connectivity index (χ0v) is 17.8. The first-order chi connectivity index (χ1) is 15.5. The molecule has 4 aromatic rings. The van der Waals surface area contributed by atoms with E-state index < -0.39 is 17.1 Å². The average molecular weight is 450 g/mol. The number of aryl methyl sites for hydroxylation is 1. The number of rotatable bonds is 8. The van der Waals surface area contributed by atoms with Crippen LogP contribution in [0.2, 0.25) is 0 Å². The summed E-state index contributed by atoms with van der Waals surface area (Å²) in [4.78, 5) is 21.7. The van der Waals surface area contributed by atoms with Crippen LogP contribution in [0, 0.1) is 5.82 Å². The number of hydrogen-bond donors (Lipinski definition) is 2. The zero-order chi connectivity index (χ0) is 22.5. The van der Waals surface area contributed by atoms with Gasteiger partial charge < -0.3 is 0 Å². The highest BCUT2D eigenvalue weighted by Gasteiger charge is 2.13. The molecule has 8 heteroatoms. The van der Waals surface area contributed by atoms with Crippen molar-refractivity contribution >= 4 is 28.0 Å². The van der Waals surface area contributed by atoms with Gasteiger partial charge in [-0.1, -0.05) is 6.07 Å². The van der Waals surface area contributed by atoms with Gasteiger partial charge in [0.05, 0.1) is 5.52 Å². The van der Waals surface area contributed by atoms with E-state index in [4.69, 9.17) is 4.55 Å². The van der Waals surface area contributed by atoms with Crippen LogP contribution in [0.4, 0.5) is 4.39 Å². The zero-order valence-electron chi connectivity index (χ0n) is 17.0. The van der Waals surface area contributed by atoms with Crippen molar-refractivity contribution in [3.63, 3.8) is 0 Å². The van der Waals surface area contributed by atoms with E-state index in [1.54, 1.807) is 42.9 Å². The lowest BCUT2D eigenvalue weighted by Gasteiger charge is -2.08. The summed E-state index contributed by atoms with van der Waals surface area (Å²) in [5.41, 5.74) is 3.92. The SMILES string of the molecule is O=C(c1cc(F)cc(CCCNS(=O)O)c1)c1ccc2ncc(-c3cccnc3)cc2c1. The number of nitrogens with zero attached hydrogens (tertiary/aromatic N) is 2. The number of carbonyl (C=O) groups excluding carboxylic acids is 1. The van der Waals surface area contributed by atoms with E-state index in [0.717, 1.165) is 22.0 Å². The summed E-state index contributed by atoms with van der Waals surface area (Å²) in [6, 6.07) is 15.2. The second-order valence-corrected chi connectivity index (χ2v) is 8.08. The third kappa shape index (κ3) is 5.28. The van der Waals surface area contributed by atoms with E-state index in [-0.39, 0.29) is 11.3 Å². The van der Waals surface area contributed by atoms with E-state index >= 15 is 0 Å². The largest absolute Gasteiger partial charge is 0.294 e. The molecule has 1 unspecified atom stereocenters. The van der Waals surface area contributed by atoms with Crippen LogP contribution in [0.3, 0.4) is 0 Å². The number of benzene rings is 2. The number of aromatic nitrogens is 2. The molecule has 4 rings (SSSR count). The number of halogens is 1. The van der Waals surface area contributed by atoms with Gasteiger partial charge in [0.15, 0.2) is 5.78 Å². The number of pyridine rings is 2. The molecule has 0 bridgehead atoms. The van der Waals surface area contributed by atoms with E-state index in [0.29, 0.717) is 30.5 Å². The predicted molar refractivity (Wildman–Crippen MR) is 122 cm³/mol. The van der Waals surface area contributed by atoms with Crippen molar-refractivity contribution in [1.82, 2.24) is 14.7 Å². The van der Waals surface area contributed by atoms with Gasteiger partial charge in [-0.3, -0.25) is 19.3 Å². The summed E-state index contributed by atoms with van der Waals surface area (Å²) in [5, 5.41) is 0.803. The summed E-state index contributed by atoms with van der Waals surface area (Å²) in [7, 11) is 0. The van der Waals surface area contributed by atoms with Crippen molar-refractivity contribution in [2.75, 3.05) is 6.54 Å². The molecule has 0 aliphatic carbocycles. The Morgan fingerprint density at radius 2 is 1.91 bits per heavy atom. The summed E-state index contributed by atoms with van der Waals surface area (Å²) in [5.74, 6) is -0.778. The van der Waals surface area contributed by atoms with Gasteiger partial charge >= 0.3 is 0 Å². The van der Waals surface area contributed by atoms with Crippen molar-refractivity contribution < 1.29 is 17.9 Å². The van der Waals surface area contributed by atoms with E-state index in [1.165, 1.54) is 12.1 Å². The van der Waals surface area contributed by atoms with E-state index in [1.807, 2.05) is 18.2 Å². The van der Waals surface area contributed by atoms with Gasteiger partial charge in [0.1, 0.15) is 5.82 Å². The van der Waals surface area contributed by atoms with Crippen molar-refractivity contribution in [1.29, 1.82) is 0 Å². The molecular formula is C24H20FN3O3S. The molecule has 2 N–H and O–H groups in total. The van der Waals surface area contributed by atoms with Gasteiger partial charge in [0, 0.05) is 52.8 Å². The van der Waals surface area contributed by atoms with Crippen molar-refractivity contribution in [3.8, 4) is 11.1 Å². The van der Waals surface area contributed by atoms with Gasteiger partial charge in [-0.25, -0.2) is 13.3 Å². The van der Waals surface area contributed by atoms with E-state index in [2.05, 4.69) is 14.7 Å². The molecule has 0 aliphatic heterocycles. The lowest BCUT2D eigenvalue weighted by molar-refractivity contribution is 0.103. The van der Waals surface area contributed by atoms with Crippen LogP contribution in [0.1, 0.15) is 27.9 Å². The van der Waals surface area contributed by atoms with Gasteiger partial charge in [0.2, 0.25) is 11.3 Å². The molecule has 0 amide bonds. The Morgan fingerprint density at radius 3 is 2.69 bits per heavy atom. The maximum Gasteiger partial charge on any atom is 0.231 e.